The van der Waals surface area contributed by atoms with Gasteiger partial charge in [0.1, 0.15) is 5.76 Å². The lowest BCUT2D eigenvalue weighted by atomic mass is 9.95. The van der Waals surface area contributed by atoms with Crippen LogP contribution in [-0.2, 0) is 14.3 Å². The molecule has 2 aromatic rings. The number of rotatable bonds is 11. The predicted molar refractivity (Wildman–Crippen MR) is 141 cm³/mol. The van der Waals surface area contributed by atoms with Gasteiger partial charge < -0.3 is 24.2 Å². The molecule has 0 radical (unpaired) electrons. The van der Waals surface area contributed by atoms with Crippen LogP contribution in [0.3, 0.4) is 0 Å². The Morgan fingerprint density at radius 2 is 1.78 bits per heavy atom. The SMILES string of the molecule is CCCCOc1ccc(C2/C(=C(\O)c3ccccc3)C(=O)C(=O)N2CCCN2CCOCC2)cc1OC. The van der Waals surface area contributed by atoms with Crippen molar-refractivity contribution in [1.29, 1.82) is 0 Å². The Morgan fingerprint density at radius 1 is 1.03 bits per heavy atom. The lowest BCUT2D eigenvalue weighted by molar-refractivity contribution is -0.140. The number of hydrogen-bond acceptors (Lipinski definition) is 7. The van der Waals surface area contributed by atoms with Gasteiger partial charge in [-0.25, -0.2) is 0 Å². The van der Waals surface area contributed by atoms with E-state index in [1.165, 1.54) is 0 Å². The van der Waals surface area contributed by atoms with Crippen molar-refractivity contribution in [2.24, 2.45) is 0 Å². The summed E-state index contributed by atoms with van der Waals surface area (Å²) in [7, 11) is 1.56. The number of aliphatic hydroxyl groups excluding tert-OH is 1. The second kappa shape index (κ2) is 12.7. The summed E-state index contributed by atoms with van der Waals surface area (Å²) < 4.78 is 16.9. The van der Waals surface area contributed by atoms with Crippen LogP contribution in [0, 0.1) is 0 Å². The van der Waals surface area contributed by atoms with Crippen LogP contribution in [0.4, 0.5) is 0 Å². The summed E-state index contributed by atoms with van der Waals surface area (Å²) in [6.07, 6.45) is 2.63. The highest BCUT2D eigenvalue weighted by molar-refractivity contribution is 6.46. The summed E-state index contributed by atoms with van der Waals surface area (Å²) in [6, 6.07) is 13.6. The molecule has 37 heavy (non-hydrogen) atoms. The molecule has 1 N–H and O–H groups in total. The van der Waals surface area contributed by atoms with E-state index in [1.807, 2.05) is 12.1 Å². The summed E-state index contributed by atoms with van der Waals surface area (Å²) in [5.74, 6) is -0.340. The molecule has 1 amide bonds. The minimum absolute atomic E-state index is 0.0873. The number of hydrogen-bond donors (Lipinski definition) is 1. The molecule has 2 saturated heterocycles. The van der Waals surface area contributed by atoms with Crippen molar-refractivity contribution < 1.29 is 28.9 Å². The Kier molecular flexibility index (Phi) is 9.19. The number of methoxy groups -OCH3 is 1. The molecule has 8 heteroatoms. The van der Waals surface area contributed by atoms with Crippen molar-refractivity contribution >= 4 is 17.4 Å². The first-order valence-corrected chi connectivity index (χ1v) is 13.0. The summed E-state index contributed by atoms with van der Waals surface area (Å²) >= 11 is 0. The molecule has 0 aromatic heterocycles. The summed E-state index contributed by atoms with van der Waals surface area (Å²) in [6.45, 7) is 6.96. The number of ketones is 1. The van der Waals surface area contributed by atoms with Gasteiger partial charge >= 0.3 is 0 Å². The molecule has 0 aliphatic carbocycles. The summed E-state index contributed by atoms with van der Waals surface area (Å²) in [5.41, 5.74) is 1.26. The molecule has 8 nitrogen and oxygen atoms in total. The number of carbonyl (C=O) groups excluding carboxylic acids is 2. The van der Waals surface area contributed by atoms with Gasteiger partial charge in [0.05, 0.1) is 38.5 Å². The zero-order valence-corrected chi connectivity index (χ0v) is 21.7. The molecule has 2 heterocycles. The van der Waals surface area contributed by atoms with Crippen LogP contribution >= 0.6 is 0 Å². The first kappa shape index (κ1) is 26.7. The van der Waals surface area contributed by atoms with E-state index in [0.717, 1.165) is 32.5 Å². The average molecular weight is 509 g/mol. The van der Waals surface area contributed by atoms with E-state index in [4.69, 9.17) is 14.2 Å². The van der Waals surface area contributed by atoms with Crippen LogP contribution in [-0.4, -0.2) is 79.7 Å². The number of ether oxygens (including phenoxy) is 3. The Labute approximate surface area is 218 Å². The molecule has 2 aliphatic heterocycles. The number of nitrogens with zero attached hydrogens (tertiary/aromatic N) is 2. The van der Waals surface area contributed by atoms with Crippen molar-refractivity contribution in [2.75, 3.05) is 53.1 Å². The maximum Gasteiger partial charge on any atom is 0.295 e. The van der Waals surface area contributed by atoms with Crippen LogP contribution in [0.25, 0.3) is 5.76 Å². The maximum absolute atomic E-state index is 13.3. The highest BCUT2D eigenvalue weighted by atomic mass is 16.5. The lowest BCUT2D eigenvalue weighted by Crippen LogP contribution is -2.39. The maximum atomic E-state index is 13.3. The number of likely N-dealkylation sites (tertiary alicyclic amines) is 1. The van der Waals surface area contributed by atoms with Gasteiger partial charge in [-0.2, -0.15) is 0 Å². The van der Waals surface area contributed by atoms with Gasteiger partial charge in [0, 0.05) is 31.7 Å². The number of unbranched alkanes of at least 4 members (excludes halogenated alkanes) is 1. The third-order valence-corrected chi connectivity index (χ3v) is 6.82. The fourth-order valence-corrected chi connectivity index (χ4v) is 4.80. The number of benzene rings is 2. The lowest BCUT2D eigenvalue weighted by Gasteiger charge is -2.29. The zero-order valence-electron chi connectivity index (χ0n) is 21.7. The number of Topliss-reactive ketones (excluding diaryl/α,β-unsaturated/α-hetero) is 1. The van der Waals surface area contributed by atoms with E-state index < -0.39 is 17.7 Å². The van der Waals surface area contributed by atoms with Gasteiger partial charge in [0.15, 0.2) is 11.5 Å². The van der Waals surface area contributed by atoms with E-state index in [9.17, 15) is 14.7 Å². The van der Waals surface area contributed by atoms with E-state index in [1.54, 1.807) is 48.4 Å². The van der Waals surface area contributed by atoms with E-state index in [-0.39, 0.29) is 11.3 Å². The van der Waals surface area contributed by atoms with E-state index in [0.29, 0.717) is 55.4 Å². The Bertz CT molecular complexity index is 1110. The molecule has 2 aromatic carbocycles. The predicted octanol–water partition coefficient (Wildman–Crippen LogP) is 4.02. The third-order valence-electron chi connectivity index (χ3n) is 6.82. The number of amides is 1. The highest BCUT2D eigenvalue weighted by Crippen LogP contribution is 2.42. The molecule has 0 spiro atoms. The van der Waals surface area contributed by atoms with E-state index >= 15 is 0 Å². The fraction of sp³-hybridized carbons (Fsp3) is 0.448. The summed E-state index contributed by atoms with van der Waals surface area (Å²) in [4.78, 5) is 30.4. The Hall–Kier alpha value is -3.36. The largest absolute Gasteiger partial charge is 0.507 e. The molecular formula is C29H36N2O6. The van der Waals surface area contributed by atoms with Crippen LogP contribution in [0.5, 0.6) is 11.5 Å². The van der Waals surface area contributed by atoms with Crippen LogP contribution in [0.15, 0.2) is 54.1 Å². The minimum atomic E-state index is -0.733. The van der Waals surface area contributed by atoms with Crippen molar-refractivity contribution in [2.45, 2.75) is 32.2 Å². The average Bonchev–Trinajstić information content (AvgIpc) is 3.19. The van der Waals surface area contributed by atoms with Gasteiger partial charge in [-0.3, -0.25) is 14.5 Å². The number of aliphatic hydroxyl groups is 1. The first-order valence-electron chi connectivity index (χ1n) is 13.0. The van der Waals surface area contributed by atoms with Gasteiger partial charge in [-0.05, 0) is 30.5 Å². The molecular weight excluding hydrogens is 472 g/mol. The second-order valence-corrected chi connectivity index (χ2v) is 9.28. The van der Waals surface area contributed by atoms with Crippen molar-refractivity contribution in [3.63, 3.8) is 0 Å². The molecule has 2 fully saturated rings. The molecule has 4 rings (SSSR count). The standard InChI is InChI=1S/C29H36N2O6/c1-3-4-17-37-23-12-11-22(20-24(23)35-2)26-25(27(32)21-9-6-5-7-10-21)28(33)29(34)31(26)14-8-13-30-15-18-36-19-16-30/h5-7,9-12,20,26,32H,3-4,8,13-19H2,1-2H3/b27-25+. The third kappa shape index (κ3) is 6.14. The van der Waals surface area contributed by atoms with Crippen molar-refractivity contribution in [3.8, 4) is 11.5 Å². The van der Waals surface area contributed by atoms with Crippen LogP contribution in [0.1, 0.15) is 43.4 Å². The molecule has 0 bridgehead atoms. The van der Waals surface area contributed by atoms with Crippen molar-refractivity contribution in [3.05, 3.63) is 65.2 Å². The highest BCUT2D eigenvalue weighted by Gasteiger charge is 2.46. The normalized spacial score (nSPS) is 19.8. The quantitative estimate of drug-likeness (QED) is 0.212. The molecule has 0 saturated carbocycles. The fourth-order valence-electron chi connectivity index (χ4n) is 4.80. The van der Waals surface area contributed by atoms with E-state index in [2.05, 4.69) is 11.8 Å². The second-order valence-electron chi connectivity index (χ2n) is 9.28. The van der Waals surface area contributed by atoms with Gasteiger partial charge in [-0.1, -0.05) is 49.7 Å². The topological polar surface area (TPSA) is 88.5 Å². The number of morpholine rings is 1. The van der Waals surface area contributed by atoms with Crippen molar-refractivity contribution in [1.82, 2.24) is 9.80 Å². The zero-order chi connectivity index (χ0) is 26.2. The van der Waals surface area contributed by atoms with Gasteiger partial charge in [-0.15, -0.1) is 0 Å². The molecule has 198 valence electrons. The first-order chi connectivity index (χ1) is 18.0. The Balaban J connectivity index is 1.68. The minimum Gasteiger partial charge on any atom is -0.507 e. The summed E-state index contributed by atoms with van der Waals surface area (Å²) in [5, 5.41) is 11.2. The Morgan fingerprint density at radius 3 is 2.49 bits per heavy atom. The monoisotopic (exact) mass is 508 g/mol. The van der Waals surface area contributed by atoms with Crippen LogP contribution < -0.4 is 9.47 Å². The molecule has 2 aliphatic rings. The molecule has 1 unspecified atom stereocenters. The molecule has 1 atom stereocenters. The number of carbonyl (C=O) groups is 2. The van der Waals surface area contributed by atoms with Crippen LogP contribution in [0.2, 0.25) is 0 Å². The van der Waals surface area contributed by atoms with Gasteiger partial charge in [0.2, 0.25) is 0 Å². The smallest absolute Gasteiger partial charge is 0.295 e. The van der Waals surface area contributed by atoms with Gasteiger partial charge in [0.25, 0.3) is 11.7 Å².